The predicted octanol–water partition coefficient (Wildman–Crippen LogP) is -0.503. The van der Waals surface area contributed by atoms with E-state index in [0.29, 0.717) is 18.7 Å². The van der Waals surface area contributed by atoms with Crippen LogP contribution in [-0.2, 0) is 7.05 Å². The van der Waals surface area contributed by atoms with Gasteiger partial charge in [0.1, 0.15) is 5.69 Å². The second kappa shape index (κ2) is 5.31. The van der Waals surface area contributed by atoms with Gasteiger partial charge in [0, 0.05) is 26.3 Å². The lowest BCUT2D eigenvalue weighted by Gasteiger charge is -2.07. The summed E-state index contributed by atoms with van der Waals surface area (Å²) >= 11 is 0. The molecule has 5 nitrogen and oxygen atoms in total. The molecule has 0 saturated heterocycles. The van der Waals surface area contributed by atoms with Crippen molar-refractivity contribution in [2.75, 3.05) is 13.2 Å². The number of carbonyl (C=O) groups excluding carboxylic acids is 1. The van der Waals surface area contributed by atoms with Crippen LogP contribution in [0, 0.1) is 0 Å². The van der Waals surface area contributed by atoms with Gasteiger partial charge in [-0.15, -0.1) is 0 Å². The molecule has 15 heavy (non-hydrogen) atoms. The van der Waals surface area contributed by atoms with Crippen LogP contribution in [0.5, 0.6) is 0 Å². The highest BCUT2D eigenvalue weighted by atomic mass is 16.3. The van der Waals surface area contributed by atoms with Crippen LogP contribution in [0.2, 0.25) is 0 Å². The molecular formula is C10H14N2O3. The highest BCUT2D eigenvalue weighted by Gasteiger charge is 2.07. The Morgan fingerprint density at radius 1 is 1.53 bits per heavy atom. The molecule has 0 spiro atoms. The van der Waals surface area contributed by atoms with Crippen molar-refractivity contribution >= 4 is 5.91 Å². The van der Waals surface area contributed by atoms with Crippen LogP contribution in [0.25, 0.3) is 0 Å². The summed E-state index contributed by atoms with van der Waals surface area (Å²) in [5.74, 6) is -0.302. The van der Waals surface area contributed by atoms with E-state index < -0.39 is 0 Å². The van der Waals surface area contributed by atoms with Crippen molar-refractivity contribution in [1.29, 1.82) is 0 Å². The minimum atomic E-state index is -0.302. The normalized spacial score (nSPS) is 10.0. The molecular weight excluding hydrogens is 196 g/mol. The third-order valence-corrected chi connectivity index (χ3v) is 2.04. The smallest absolute Gasteiger partial charge is 0.268 e. The third-order valence-electron chi connectivity index (χ3n) is 2.04. The minimum absolute atomic E-state index is 0.0357. The van der Waals surface area contributed by atoms with Gasteiger partial charge in [-0.05, 0) is 12.5 Å². The van der Waals surface area contributed by atoms with E-state index in [4.69, 9.17) is 5.11 Å². The molecule has 0 aromatic carbocycles. The van der Waals surface area contributed by atoms with Crippen molar-refractivity contribution < 1.29 is 9.90 Å². The van der Waals surface area contributed by atoms with Crippen LogP contribution in [0.4, 0.5) is 0 Å². The summed E-state index contributed by atoms with van der Waals surface area (Å²) in [6.07, 6.45) is 0.506. The molecule has 1 heterocycles. The Kier molecular flexibility index (Phi) is 4.05. The number of nitrogens with zero attached hydrogens (tertiary/aromatic N) is 1. The third kappa shape index (κ3) is 2.92. The molecule has 0 fully saturated rings. The van der Waals surface area contributed by atoms with E-state index in [1.54, 1.807) is 19.2 Å². The van der Waals surface area contributed by atoms with Gasteiger partial charge in [0.05, 0.1) is 0 Å². The second-order valence-corrected chi connectivity index (χ2v) is 3.14. The van der Waals surface area contributed by atoms with E-state index >= 15 is 0 Å². The first-order valence-corrected chi connectivity index (χ1v) is 4.72. The lowest BCUT2D eigenvalue weighted by Crippen LogP contribution is -2.31. The summed E-state index contributed by atoms with van der Waals surface area (Å²) in [5.41, 5.74) is 0.102. The zero-order chi connectivity index (χ0) is 11.3. The van der Waals surface area contributed by atoms with Gasteiger partial charge in [-0.25, -0.2) is 0 Å². The fraction of sp³-hybridized carbons (Fsp3) is 0.400. The van der Waals surface area contributed by atoms with Gasteiger partial charge in [0.2, 0.25) is 0 Å². The molecule has 0 unspecified atom stereocenters. The molecule has 0 radical (unpaired) electrons. The Morgan fingerprint density at radius 2 is 2.27 bits per heavy atom. The topological polar surface area (TPSA) is 71.3 Å². The molecule has 0 atom stereocenters. The number of hydrogen-bond donors (Lipinski definition) is 2. The molecule has 2 N–H and O–H groups in total. The molecule has 82 valence electrons. The first-order valence-electron chi connectivity index (χ1n) is 4.72. The maximum absolute atomic E-state index is 11.5. The van der Waals surface area contributed by atoms with E-state index in [9.17, 15) is 9.59 Å². The van der Waals surface area contributed by atoms with Gasteiger partial charge in [-0.3, -0.25) is 9.59 Å². The number of nitrogens with one attached hydrogen (secondary N) is 1. The zero-order valence-corrected chi connectivity index (χ0v) is 8.56. The molecule has 1 aromatic heterocycles. The van der Waals surface area contributed by atoms with Crippen molar-refractivity contribution in [1.82, 2.24) is 9.88 Å². The van der Waals surface area contributed by atoms with Crippen molar-refractivity contribution in [2.24, 2.45) is 7.05 Å². The molecule has 0 aliphatic carbocycles. The largest absolute Gasteiger partial charge is 0.396 e. The fourth-order valence-electron chi connectivity index (χ4n) is 1.16. The number of aliphatic hydroxyl groups is 1. The minimum Gasteiger partial charge on any atom is -0.396 e. The number of aliphatic hydroxyl groups excluding tert-OH is 1. The Morgan fingerprint density at radius 3 is 2.93 bits per heavy atom. The van der Waals surface area contributed by atoms with E-state index in [-0.39, 0.29) is 18.1 Å². The second-order valence-electron chi connectivity index (χ2n) is 3.14. The van der Waals surface area contributed by atoms with Gasteiger partial charge in [0.25, 0.3) is 11.5 Å². The van der Waals surface area contributed by atoms with E-state index in [1.165, 1.54) is 10.6 Å². The van der Waals surface area contributed by atoms with Gasteiger partial charge in [-0.1, -0.05) is 6.07 Å². The Hall–Kier alpha value is -1.62. The van der Waals surface area contributed by atoms with Crippen LogP contribution in [-0.4, -0.2) is 28.7 Å². The lowest BCUT2D eigenvalue weighted by molar-refractivity contribution is 0.0942. The summed E-state index contributed by atoms with van der Waals surface area (Å²) in [7, 11) is 1.54. The summed E-state index contributed by atoms with van der Waals surface area (Å²) < 4.78 is 1.29. The first-order chi connectivity index (χ1) is 7.16. The van der Waals surface area contributed by atoms with E-state index in [0.717, 1.165) is 0 Å². The monoisotopic (exact) mass is 210 g/mol. The predicted molar refractivity (Wildman–Crippen MR) is 55.7 cm³/mol. The SMILES string of the molecule is Cn1c(C(=O)NCCCO)cccc1=O. The summed E-state index contributed by atoms with van der Waals surface area (Å²) in [4.78, 5) is 22.8. The number of aromatic nitrogens is 1. The Labute approximate surface area is 87.4 Å². The van der Waals surface area contributed by atoms with Crippen LogP contribution < -0.4 is 10.9 Å². The summed E-state index contributed by atoms with van der Waals surface area (Å²) in [6.45, 7) is 0.437. The average Bonchev–Trinajstić information content (AvgIpc) is 2.22. The molecule has 0 aliphatic heterocycles. The van der Waals surface area contributed by atoms with Crippen molar-refractivity contribution in [3.8, 4) is 0 Å². The highest BCUT2D eigenvalue weighted by Crippen LogP contribution is 1.93. The van der Waals surface area contributed by atoms with Crippen molar-refractivity contribution in [3.63, 3.8) is 0 Å². The standard InChI is InChI=1S/C10H14N2O3/c1-12-8(4-2-5-9(12)14)10(15)11-6-3-7-13/h2,4-5,13H,3,6-7H2,1H3,(H,11,15). The average molecular weight is 210 g/mol. The Bertz CT molecular complexity index is 398. The number of amides is 1. The molecule has 1 rings (SSSR count). The molecule has 5 heteroatoms. The number of carbonyl (C=O) groups is 1. The molecule has 0 bridgehead atoms. The quantitative estimate of drug-likeness (QED) is 0.658. The summed E-state index contributed by atoms with van der Waals surface area (Å²) in [6, 6.07) is 4.52. The molecule has 1 aromatic rings. The van der Waals surface area contributed by atoms with Crippen LogP contribution in [0.15, 0.2) is 23.0 Å². The van der Waals surface area contributed by atoms with Gasteiger partial charge >= 0.3 is 0 Å². The van der Waals surface area contributed by atoms with Crippen LogP contribution in [0.3, 0.4) is 0 Å². The number of rotatable bonds is 4. The zero-order valence-electron chi connectivity index (χ0n) is 8.56. The van der Waals surface area contributed by atoms with E-state index in [2.05, 4.69) is 5.32 Å². The number of pyridine rings is 1. The lowest BCUT2D eigenvalue weighted by atomic mass is 10.3. The Balaban J connectivity index is 2.74. The number of hydrogen-bond acceptors (Lipinski definition) is 3. The maximum atomic E-state index is 11.5. The summed E-state index contributed by atoms with van der Waals surface area (Å²) in [5, 5.41) is 11.2. The first kappa shape index (κ1) is 11.5. The van der Waals surface area contributed by atoms with Crippen molar-refractivity contribution in [3.05, 3.63) is 34.2 Å². The van der Waals surface area contributed by atoms with Crippen LogP contribution in [0.1, 0.15) is 16.9 Å². The van der Waals surface area contributed by atoms with Gasteiger partial charge in [-0.2, -0.15) is 0 Å². The molecule has 1 amide bonds. The maximum Gasteiger partial charge on any atom is 0.268 e. The van der Waals surface area contributed by atoms with Gasteiger partial charge < -0.3 is 15.0 Å². The van der Waals surface area contributed by atoms with E-state index in [1.807, 2.05) is 0 Å². The molecule has 0 saturated carbocycles. The molecule has 0 aliphatic rings. The van der Waals surface area contributed by atoms with Crippen LogP contribution >= 0.6 is 0 Å². The van der Waals surface area contributed by atoms with Crippen molar-refractivity contribution in [2.45, 2.75) is 6.42 Å². The van der Waals surface area contributed by atoms with Gasteiger partial charge in [0.15, 0.2) is 0 Å². The fourth-order valence-corrected chi connectivity index (χ4v) is 1.16. The highest BCUT2D eigenvalue weighted by molar-refractivity contribution is 5.92.